The molecule has 4 aromatic rings. The normalized spacial score (nSPS) is 11.5. The molecule has 6 nitrogen and oxygen atoms in total. The van der Waals surface area contributed by atoms with E-state index in [9.17, 15) is 9.50 Å². The van der Waals surface area contributed by atoms with E-state index in [4.69, 9.17) is 9.15 Å². The number of benzene rings is 1. The maximum Gasteiger partial charge on any atom is 0.294 e. The van der Waals surface area contributed by atoms with Crippen molar-refractivity contribution in [3.8, 4) is 22.4 Å². The molecule has 8 heteroatoms. The lowest BCUT2D eigenvalue weighted by Crippen LogP contribution is -1.84. The highest BCUT2D eigenvalue weighted by molar-refractivity contribution is 7.18. The van der Waals surface area contributed by atoms with Crippen molar-refractivity contribution in [2.24, 2.45) is 0 Å². The molecule has 0 aliphatic heterocycles. The number of imidazole rings is 1. The predicted molar refractivity (Wildman–Crippen MR) is 74.2 cm³/mol. The maximum absolute atomic E-state index is 13.2. The summed E-state index contributed by atoms with van der Waals surface area (Å²) in [5.41, 5.74) is 0.816. The van der Waals surface area contributed by atoms with E-state index in [0.29, 0.717) is 27.0 Å². The second-order valence-corrected chi connectivity index (χ2v) is 5.29. The van der Waals surface area contributed by atoms with Crippen molar-refractivity contribution >= 4 is 27.3 Å². The molecule has 21 heavy (non-hydrogen) atoms. The van der Waals surface area contributed by atoms with Gasteiger partial charge in [0.1, 0.15) is 22.8 Å². The van der Waals surface area contributed by atoms with Crippen molar-refractivity contribution in [2.45, 2.75) is 0 Å². The number of aromatic hydroxyl groups is 1. The van der Waals surface area contributed by atoms with Crippen molar-refractivity contribution in [3.05, 3.63) is 30.2 Å². The summed E-state index contributed by atoms with van der Waals surface area (Å²) in [6.45, 7) is 0. The second-order valence-electron chi connectivity index (χ2n) is 4.37. The largest absolute Gasteiger partial charge is 0.507 e. The molecule has 0 spiro atoms. The zero-order valence-corrected chi connectivity index (χ0v) is 11.5. The summed E-state index contributed by atoms with van der Waals surface area (Å²) in [5, 5.41) is 14.8. The van der Waals surface area contributed by atoms with Crippen LogP contribution in [0.4, 0.5) is 4.39 Å². The number of phenolic OH excluding ortho intramolecular Hbond substituents is 1. The number of rotatable bonds is 2. The predicted octanol–water partition coefficient (Wildman–Crippen LogP) is 3.06. The smallest absolute Gasteiger partial charge is 0.294 e. The van der Waals surface area contributed by atoms with Gasteiger partial charge >= 0.3 is 0 Å². The van der Waals surface area contributed by atoms with Crippen molar-refractivity contribution in [1.82, 2.24) is 14.6 Å². The summed E-state index contributed by atoms with van der Waals surface area (Å²) in [4.78, 5) is 5.02. The Bertz CT molecular complexity index is 940. The molecular formula is C13H8FN3O3S. The Morgan fingerprint density at radius 1 is 1.38 bits per heavy atom. The van der Waals surface area contributed by atoms with Crippen LogP contribution in [0, 0.1) is 5.82 Å². The quantitative estimate of drug-likeness (QED) is 0.616. The van der Waals surface area contributed by atoms with Gasteiger partial charge in [0, 0.05) is 12.1 Å². The van der Waals surface area contributed by atoms with Crippen molar-refractivity contribution in [2.75, 3.05) is 7.11 Å². The minimum Gasteiger partial charge on any atom is -0.507 e. The molecule has 0 aliphatic carbocycles. The molecule has 0 saturated heterocycles. The lowest BCUT2D eigenvalue weighted by Gasteiger charge is -1.92. The van der Waals surface area contributed by atoms with E-state index in [1.807, 2.05) is 0 Å². The first-order chi connectivity index (χ1) is 10.1. The molecule has 1 N–H and O–H groups in total. The fourth-order valence-corrected chi connectivity index (χ4v) is 2.80. The third kappa shape index (κ3) is 1.83. The number of ether oxygens (including phenoxy) is 1. The van der Waals surface area contributed by atoms with Crippen LogP contribution in [0.3, 0.4) is 0 Å². The van der Waals surface area contributed by atoms with Crippen LogP contribution in [0.15, 0.2) is 28.8 Å². The summed E-state index contributed by atoms with van der Waals surface area (Å²) in [5.74, 6) is -0.290. The van der Waals surface area contributed by atoms with Crippen LogP contribution in [-0.2, 0) is 0 Å². The fraction of sp³-hybridized carbons (Fsp3) is 0.0769. The van der Waals surface area contributed by atoms with Crippen LogP contribution in [0.2, 0.25) is 0 Å². The van der Waals surface area contributed by atoms with Gasteiger partial charge in [0.2, 0.25) is 4.96 Å². The van der Waals surface area contributed by atoms with Crippen LogP contribution >= 0.6 is 11.3 Å². The molecule has 0 radical (unpaired) electrons. The lowest BCUT2D eigenvalue weighted by atomic mass is 10.2. The molecule has 0 unspecified atom stereocenters. The van der Waals surface area contributed by atoms with E-state index in [-0.39, 0.29) is 11.3 Å². The Morgan fingerprint density at radius 2 is 2.24 bits per heavy atom. The van der Waals surface area contributed by atoms with Gasteiger partial charge in [0.15, 0.2) is 5.76 Å². The number of hydrogen-bond acceptors (Lipinski definition) is 6. The van der Waals surface area contributed by atoms with Gasteiger partial charge < -0.3 is 14.3 Å². The highest BCUT2D eigenvalue weighted by atomic mass is 32.1. The molecule has 4 rings (SSSR count). The van der Waals surface area contributed by atoms with Gasteiger partial charge in [0.25, 0.3) is 5.19 Å². The van der Waals surface area contributed by atoms with E-state index in [2.05, 4.69) is 10.1 Å². The number of nitrogens with zero attached hydrogens (tertiary/aromatic N) is 3. The Kier molecular flexibility index (Phi) is 2.43. The fourth-order valence-electron chi connectivity index (χ4n) is 2.10. The van der Waals surface area contributed by atoms with Gasteiger partial charge in [-0.05, 0) is 17.4 Å². The van der Waals surface area contributed by atoms with E-state index < -0.39 is 5.82 Å². The first-order valence-corrected chi connectivity index (χ1v) is 6.78. The molecule has 0 amide bonds. The van der Waals surface area contributed by atoms with Crippen LogP contribution in [0.25, 0.3) is 27.4 Å². The SMILES string of the molecule is COc1nn2cc(-c3cc4c(O)cc(F)cc4o3)nc2s1. The zero-order chi connectivity index (χ0) is 14.6. The molecule has 0 aliphatic rings. The average Bonchev–Trinajstić information content (AvgIpc) is 3.08. The Hall–Kier alpha value is -2.61. The summed E-state index contributed by atoms with van der Waals surface area (Å²) >= 11 is 1.29. The number of fused-ring (bicyclic) bond motifs is 2. The van der Waals surface area contributed by atoms with Crippen LogP contribution in [0.5, 0.6) is 10.9 Å². The Labute approximate surface area is 121 Å². The standard InChI is InChI=1S/C13H8FN3O3S/c1-19-13-16-17-5-8(15-12(17)21-13)11-4-7-9(18)2-6(14)3-10(7)20-11/h2-5,18H,1H3. The number of hydrogen-bond donors (Lipinski definition) is 1. The van der Waals surface area contributed by atoms with Gasteiger partial charge in [-0.15, -0.1) is 5.10 Å². The summed E-state index contributed by atoms with van der Waals surface area (Å²) in [6.07, 6.45) is 1.68. The molecule has 0 bridgehead atoms. The number of aromatic nitrogens is 3. The van der Waals surface area contributed by atoms with Crippen molar-refractivity contribution < 1.29 is 18.7 Å². The van der Waals surface area contributed by atoms with Gasteiger partial charge in [-0.3, -0.25) is 0 Å². The molecule has 0 saturated carbocycles. The van der Waals surface area contributed by atoms with Gasteiger partial charge in [-0.2, -0.15) is 0 Å². The Morgan fingerprint density at radius 3 is 3.00 bits per heavy atom. The molecule has 106 valence electrons. The van der Waals surface area contributed by atoms with Crippen LogP contribution in [0.1, 0.15) is 0 Å². The highest BCUT2D eigenvalue weighted by Gasteiger charge is 2.15. The molecule has 0 fully saturated rings. The molecular weight excluding hydrogens is 297 g/mol. The molecule has 3 aromatic heterocycles. The average molecular weight is 305 g/mol. The van der Waals surface area contributed by atoms with Gasteiger partial charge in [0.05, 0.1) is 18.7 Å². The number of furan rings is 1. The number of phenols is 1. The summed E-state index contributed by atoms with van der Waals surface area (Å²) < 4.78 is 25.4. The lowest BCUT2D eigenvalue weighted by molar-refractivity contribution is 0.405. The van der Waals surface area contributed by atoms with Gasteiger partial charge in [-0.1, -0.05) is 0 Å². The molecule has 0 atom stereocenters. The van der Waals surface area contributed by atoms with Crippen molar-refractivity contribution in [1.29, 1.82) is 0 Å². The first kappa shape index (κ1) is 12.2. The van der Waals surface area contributed by atoms with E-state index >= 15 is 0 Å². The van der Waals surface area contributed by atoms with E-state index in [1.54, 1.807) is 16.8 Å². The minimum atomic E-state index is -0.557. The maximum atomic E-state index is 13.2. The third-order valence-electron chi connectivity index (χ3n) is 3.03. The van der Waals surface area contributed by atoms with Crippen LogP contribution in [-0.4, -0.2) is 26.8 Å². The molecule has 3 heterocycles. The summed E-state index contributed by atoms with van der Waals surface area (Å²) in [7, 11) is 1.54. The third-order valence-corrected chi connectivity index (χ3v) is 3.92. The highest BCUT2D eigenvalue weighted by Crippen LogP contribution is 2.34. The van der Waals surface area contributed by atoms with E-state index in [1.165, 1.54) is 24.5 Å². The number of halogens is 1. The van der Waals surface area contributed by atoms with Crippen LogP contribution < -0.4 is 4.74 Å². The topological polar surface area (TPSA) is 72.8 Å². The second kappa shape index (κ2) is 4.19. The first-order valence-electron chi connectivity index (χ1n) is 5.96. The van der Waals surface area contributed by atoms with Gasteiger partial charge in [-0.25, -0.2) is 13.9 Å². The zero-order valence-electron chi connectivity index (χ0n) is 10.7. The van der Waals surface area contributed by atoms with E-state index in [0.717, 1.165) is 6.07 Å². The summed E-state index contributed by atoms with van der Waals surface area (Å²) in [6, 6.07) is 3.88. The monoisotopic (exact) mass is 305 g/mol. The van der Waals surface area contributed by atoms with Crippen molar-refractivity contribution in [3.63, 3.8) is 0 Å². The number of methoxy groups -OCH3 is 1. The molecule has 1 aromatic carbocycles. The minimum absolute atomic E-state index is 0.166. The Balaban J connectivity index is 1.87.